The molecule has 0 fully saturated rings. The number of rotatable bonds is 5. The molecule has 260 valence electrons. The maximum Gasteiger partial charge on any atom is 0.135 e. The summed E-state index contributed by atoms with van der Waals surface area (Å²) in [4.78, 5) is 2.43. The lowest BCUT2D eigenvalue weighted by Gasteiger charge is -2.29. The number of hydrogen-bond donors (Lipinski definition) is 0. The SMILES string of the molecule is CC1(C)c2ccccc2-c2c(N(c3ccc(-c4cc(-c5cccc6ccccc56)c5ccccc5c4)cc3)c3ccc4oc5ccccc5c4c3)cccc21. The molecular weight excluding hydrogens is 667 g/mol. The van der Waals surface area contributed by atoms with Gasteiger partial charge in [-0.15, -0.1) is 0 Å². The number of benzene rings is 9. The van der Waals surface area contributed by atoms with Crippen LogP contribution in [0.25, 0.3) is 76.9 Å². The predicted octanol–water partition coefficient (Wildman–Crippen LogP) is 15.0. The summed E-state index contributed by atoms with van der Waals surface area (Å²) in [6, 6.07) is 68.6. The largest absolute Gasteiger partial charge is 0.456 e. The van der Waals surface area contributed by atoms with Crippen molar-refractivity contribution in [3.63, 3.8) is 0 Å². The van der Waals surface area contributed by atoms with Crippen LogP contribution in [0, 0.1) is 0 Å². The van der Waals surface area contributed by atoms with Gasteiger partial charge in [0.05, 0.1) is 5.69 Å². The Balaban J connectivity index is 1.10. The number of para-hydroxylation sites is 1. The van der Waals surface area contributed by atoms with Gasteiger partial charge in [-0.1, -0.05) is 147 Å². The van der Waals surface area contributed by atoms with Crippen LogP contribution in [0.4, 0.5) is 17.1 Å². The van der Waals surface area contributed by atoms with Gasteiger partial charge < -0.3 is 9.32 Å². The summed E-state index contributed by atoms with van der Waals surface area (Å²) in [6.45, 7) is 4.70. The molecule has 1 aliphatic rings. The lowest BCUT2D eigenvalue weighted by atomic mass is 9.82. The van der Waals surface area contributed by atoms with Crippen molar-refractivity contribution in [2.45, 2.75) is 19.3 Å². The summed E-state index contributed by atoms with van der Waals surface area (Å²) in [5, 5.41) is 7.24. The van der Waals surface area contributed by atoms with Crippen LogP contribution in [0.2, 0.25) is 0 Å². The van der Waals surface area contributed by atoms with Crippen LogP contribution in [0.15, 0.2) is 192 Å². The lowest BCUT2D eigenvalue weighted by Crippen LogP contribution is -2.16. The summed E-state index contributed by atoms with van der Waals surface area (Å²) >= 11 is 0. The summed E-state index contributed by atoms with van der Waals surface area (Å²) in [5.74, 6) is 0. The van der Waals surface area contributed by atoms with Crippen molar-refractivity contribution in [2.75, 3.05) is 4.90 Å². The van der Waals surface area contributed by atoms with E-state index in [1.807, 2.05) is 12.1 Å². The molecule has 0 saturated heterocycles. The van der Waals surface area contributed by atoms with Gasteiger partial charge in [0.1, 0.15) is 11.2 Å². The maximum absolute atomic E-state index is 6.29. The monoisotopic (exact) mass is 703 g/mol. The second-order valence-corrected chi connectivity index (χ2v) is 15.3. The van der Waals surface area contributed by atoms with Crippen LogP contribution in [-0.4, -0.2) is 0 Å². The molecule has 1 aromatic heterocycles. The maximum atomic E-state index is 6.29. The molecule has 0 saturated carbocycles. The van der Waals surface area contributed by atoms with Gasteiger partial charge in [-0.2, -0.15) is 0 Å². The molecule has 0 spiro atoms. The minimum atomic E-state index is -0.111. The molecule has 0 aliphatic heterocycles. The van der Waals surface area contributed by atoms with Crippen molar-refractivity contribution in [1.82, 2.24) is 0 Å². The standard InChI is InChI=1S/C53H37NO/c1-53(2)47-21-9-7-19-44(47)52-48(53)22-12-23-49(52)54(39-29-30-51-46(33-39)43-18-8-10-24-50(43)55-51)38-27-25-34(26-28-38)37-31-36-14-4-6-17-41(36)45(32-37)42-20-11-15-35-13-3-5-16-40(35)42/h3-33H,1-2H3. The zero-order valence-corrected chi connectivity index (χ0v) is 30.8. The second kappa shape index (κ2) is 12.1. The van der Waals surface area contributed by atoms with Gasteiger partial charge in [0.25, 0.3) is 0 Å². The Labute approximate surface area is 320 Å². The molecule has 55 heavy (non-hydrogen) atoms. The van der Waals surface area contributed by atoms with E-state index in [1.54, 1.807) is 0 Å². The highest BCUT2D eigenvalue weighted by Crippen LogP contribution is 2.54. The lowest BCUT2D eigenvalue weighted by molar-refractivity contribution is 0.660. The molecule has 0 N–H and O–H groups in total. The third kappa shape index (κ3) is 4.88. The molecule has 2 nitrogen and oxygen atoms in total. The highest BCUT2D eigenvalue weighted by atomic mass is 16.3. The first-order chi connectivity index (χ1) is 27.0. The van der Waals surface area contributed by atoms with E-state index in [1.165, 1.54) is 71.7 Å². The molecule has 1 heterocycles. The van der Waals surface area contributed by atoms with E-state index < -0.39 is 0 Å². The first-order valence-electron chi connectivity index (χ1n) is 19.1. The van der Waals surface area contributed by atoms with Crippen LogP contribution >= 0.6 is 0 Å². The van der Waals surface area contributed by atoms with Gasteiger partial charge in [-0.05, 0) is 115 Å². The molecule has 9 aromatic carbocycles. The third-order valence-electron chi connectivity index (χ3n) is 11.8. The summed E-state index contributed by atoms with van der Waals surface area (Å²) < 4.78 is 6.29. The molecule has 10 aromatic rings. The Kier molecular flexibility index (Phi) is 6.93. The minimum Gasteiger partial charge on any atom is -0.456 e. The van der Waals surface area contributed by atoms with Crippen LogP contribution in [0.5, 0.6) is 0 Å². The molecule has 0 amide bonds. The molecule has 0 radical (unpaired) electrons. The fourth-order valence-electron chi connectivity index (χ4n) is 9.17. The zero-order chi connectivity index (χ0) is 36.7. The fourth-order valence-corrected chi connectivity index (χ4v) is 9.17. The van der Waals surface area contributed by atoms with Gasteiger partial charge in [0.2, 0.25) is 0 Å². The second-order valence-electron chi connectivity index (χ2n) is 15.3. The molecule has 0 unspecified atom stereocenters. The van der Waals surface area contributed by atoms with Gasteiger partial charge in [-0.25, -0.2) is 0 Å². The van der Waals surface area contributed by atoms with E-state index in [0.717, 1.165) is 33.3 Å². The third-order valence-corrected chi connectivity index (χ3v) is 11.8. The summed E-state index contributed by atoms with van der Waals surface area (Å²) in [7, 11) is 0. The van der Waals surface area contributed by atoms with Crippen molar-refractivity contribution >= 4 is 60.5 Å². The van der Waals surface area contributed by atoms with Gasteiger partial charge in [0.15, 0.2) is 0 Å². The van der Waals surface area contributed by atoms with Crippen LogP contribution in [0.1, 0.15) is 25.0 Å². The smallest absolute Gasteiger partial charge is 0.135 e. The minimum absolute atomic E-state index is 0.111. The molecule has 2 heteroatoms. The van der Waals surface area contributed by atoms with Gasteiger partial charge in [0, 0.05) is 33.1 Å². The highest BCUT2D eigenvalue weighted by Gasteiger charge is 2.37. The number of fused-ring (bicyclic) bond motifs is 8. The van der Waals surface area contributed by atoms with Gasteiger partial charge >= 0.3 is 0 Å². The Hall–Kier alpha value is -6.90. The molecular formula is C53H37NO. The topological polar surface area (TPSA) is 16.4 Å². The Morgan fingerprint density at radius 1 is 0.400 bits per heavy atom. The average Bonchev–Trinajstić information content (AvgIpc) is 3.72. The van der Waals surface area contributed by atoms with Crippen LogP contribution in [-0.2, 0) is 5.41 Å². The van der Waals surface area contributed by atoms with Crippen LogP contribution < -0.4 is 4.90 Å². The first-order valence-corrected chi connectivity index (χ1v) is 19.1. The van der Waals surface area contributed by atoms with Crippen molar-refractivity contribution in [3.05, 3.63) is 199 Å². The highest BCUT2D eigenvalue weighted by molar-refractivity contribution is 6.08. The van der Waals surface area contributed by atoms with E-state index in [2.05, 4.69) is 195 Å². The fraction of sp³-hybridized carbons (Fsp3) is 0.0566. The summed E-state index contributed by atoms with van der Waals surface area (Å²) in [5.41, 5.74) is 15.2. The van der Waals surface area contributed by atoms with Gasteiger partial charge in [-0.3, -0.25) is 0 Å². The number of nitrogens with zero attached hydrogens (tertiary/aromatic N) is 1. The molecule has 0 atom stereocenters. The average molecular weight is 704 g/mol. The van der Waals surface area contributed by atoms with Crippen molar-refractivity contribution < 1.29 is 4.42 Å². The predicted molar refractivity (Wildman–Crippen MR) is 232 cm³/mol. The number of furan rings is 1. The Morgan fingerprint density at radius 2 is 1.02 bits per heavy atom. The first kappa shape index (κ1) is 31.6. The van der Waals surface area contributed by atoms with Crippen molar-refractivity contribution in [1.29, 1.82) is 0 Å². The molecule has 11 rings (SSSR count). The quantitative estimate of drug-likeness (QED) is 0.177. The van der Waals surface area contributed by atoms with Crippen molar-refractivity contribution in [3.8, 4) is 33.4 Å². The van der Waals surface area contributed by atoms with Crippen LogP contribution in [0.3, 0.4) is 0 Å². The Morgan fingerprint density at radius 3 is 1.87 bits per heavy atom. The molecule has 1 aliphatic carbocycles. The number of anilines is 3. The van der Waals surface area contributed by atoms with E-state index in [4.69, 9.17) is 4.42 Å². The normalized spacial score (nSPS) is 13.1. The van der Waals surface area contributed by atoms with E-state index in [9.17, 15) is 0 Å². The zero-order valence-electron chi connectivity index (χ0n) is 30.8. The molecule has 0 bridgehead atoms. The van der Waals surface area contributed by atoms with E-state index in [-0.39, 0.29) is 5.41 Å². The van der Waals surface area contributed by atoms with E-state index >= 15 is 0 Å². The van der Waals surface area contributed by atoms with E-state index in [0.29, 0.717) is 0 Å². The van der Waals surface area contributed by atoms with Crippen molar-refractivity contribution in [2.24, 2.45) is 0 Å². The Bertz CT molecular complexity index is 3120. The number of hydrogen-bond acceptors (Lipinski definition) is 2. The summed E-state index contributed by atoms with van der Waals surface area (Å²) in [6.07, 6.45) is 0.